The number of hydrogen-bond donors (Lipinski definition) is 4. The van der Waals surface area contributed by atoms with Crippen molar-refractivity contribution in [3.05, 3.63) is 117 Å². The zero-order valence-corrected chi connectivity index (χ0v) is 36.2. The fourth-order valence-electron chi connectivity index (χ4n) is 9.40. The third-order valence-electron chi connectivity index (χ3n) is 13.2. The van der Waals surface area contributed by atoms with Crippen LogP contribution in [0.1, 0.15) is 72.9 Å². The molecule has 62 heavy (non-hydrogen) atoms. The van der Waals surface area contributed by atoms with E-state index in [0.717, 1.165) is 98.3 Å². The Kier molecular flexibility index (Phi) is 12.5. The SMILES string of the molecule is N=Cc1cc(SNC(=O)c2ccc(N3CCN(CC4=C(c5ccc(Cl)cc5)CC5(CCC5)CC4)CC3)cc2Oc2cnc3[nH]ccc3c2)cc([N+](=O)[O-])c1NCC1CCOCC1. The van der Waals surface area contributed by atoms with Gasteiger partial charge in [0.25, 0.3) is 11.6 Å². The largest absolute Gasteiger partial charge is 0.455 e. The Morgan fingerprint density at radius 2 is 1.87 bits per heavy atom. The van der Waals surface area contributed by atoms with Crippen LogP contribution in [-0.2, 0) is 4.74 Å². The number of nitro groups is 1. The van der Waals surface area contributed by atoms with Crippen LogP contribution in [0.15, 0.2) is 89.6 Å². The van der Waals surface area contributed by atoms with Gasteiger partial charge in [-0.1, -0.05) is 35.7 Å². The number of hydrogen-bond acceptors (Lipinski definition) is 11. The first kappa shape index (κ1) is 41.9. The van der Waals surface area contributed by atoms with Gasteiger partial charge < -0.3 is 30.1 Å². The number of carbonyl (C=O) groups excluding carboxylic acids is 1. The van der Waals surface area contributed by atoms with Gasteiger partial charge in [-0.3, -0.25) is 24.5 Å². The maximum Gasteiger partial charge on any atom is 0.294 e. The first-order valence-electron chi connectivity index (χ1n) is 21.5. The number of allylic oxidation sites excluding steroid dienone is 1. The molecule has 13 nitrogen and oxygen atoms in total. The number of anilines is 2. The summed E-state index contributed by atoms with van der Waals surface area (Å²) < 4.78 is 14.8. The molecule has 9 rings (SSSR count). The van der Waals surface area contributed by atoms with Crippen LogP contribution in [0.25, 0.3) is 16.6 Å². The predicted molar refractivity (Wildman–Crippen MR) is 246 cm³/mol. The van der Waals surface area contributed by atoms with E-state index in [1.165, 1.54) is 42.9 Å². The minimum absolute atomic E-state index is 0.157. The lowest BCUT2D eigenvalue weighted by molar-refractivity contribution is -0.384. The molecule has 2 aliphatic heterocycles. The van der Waals surface area contributed by atoms with Crippen molar-refractivity contribution in [3.63, 3.8) is 0 Å². The number of piperazine rings is 1. The predicted octanol–water partition coefficient (Wildman–Crippen LogP) is 10.1. The van der Waals surface area contributed by atoms with Gasteiger partial charge in [0, 0.05) is 104 Å². The molecule has 5 aromatic rings. The average molecular weight is 875 g/mol. The van der Waals surface area contributed by atoms with E-state index in [0.29, 0.717) is 64.3 Å². The molecule has 1 saturated carbocycles. The number of pyridine rings is 1. The van der Waals surface area contributed by atoms with Gasteiger partial charge in [0.15, 0.2) is 0 Å². The fraction of sp³-hybridized carbons (Fsp3) is 0.383. The standard InChI is InChI=1S/C47H51ClN8O5S/c48-36-4-2-32(3-5-36)41-26-47(12-1-13-47)14-8-34(41)30-54-16-18-55(19-17-54)37-6-7-40(43(24-37)61-38-22-33-9-15-50-45(33)52-29-38)46(57)53-62-39-23-35(27-49)44(42(25-39)56(58)59)51-28-31-10-20-60-21-11-31/h2-7,9,15,22-25,27,29,31,49,51H,1,8,10-14,16-21,26,28,30H2,(H,50,52)(H,53,57). The minimum atomic E-state index is -0.457. The summed E-state index contributed by atoms with van der Waals surface area (Å²) in [6.45, 7) is 6.28. The highest BCUT2D eigenvalue weighted by atomic mass is 35.5. The van der Waals surface area contributed by atoms with Crippen LogP contribution in [0.4, 0.5) is 17.1 Å². The zero-order chi connectivity index (χ0) is 42.6. The second-order valence-corrected chi connectivity index (χ2v) is 18.3. The second-order valence-electron chi connectivity index (χ2n) is 17.0. The summed E-state index contributed by atoms with van der Waals surface area (Å²) in [7, 11) is 0. The van der Waals surface area contributed by atoms with Crippen LogP contribution in [0.2, 0.25) is 5.02 Å². The number of nitrogens with zero attached hydrogens (tertiary/aromatic N) is 4. The number of amides is 1. The van der Waals surface area contributed by atoms with Crippen molar-refractivity contribution in [2.75, 3.05) is 62.7 Å². The van der Waals surface area contributed by atoms with Crippen molar-refractivity contribution in [2.24, 2.45) is 11.3 Å². The van der Waals surface area contributed by atoms with E-state index in [1.54, 1.807) is 23.9 Å². The van der Waals surface area contributed by atoms with Crippen LogP contribution in [0.5, 0.6) is 11.5 Å². The molecular weight excluding hydrogens is 824 g/mol. The number of ether oxygens (including phenoxy) is 2. The Bertz CT molecular complexity index is 2490. The Balaban J connectivity index is 0.912. The van der Waals surface area contributed by atoms with Crippen molar-refractivity contribution >= 4 is 69.3 Å². The molecule has 15 heteroatoms. The lowest BCUT2D eigenvalue weighted by Gasteiger charge is -2.47. The van der Waals surface area contributed by atoms with Crippen LogP contribution < -0.4 is 19.7 Å². The van der Waals surface area contributed by atoms with Gasteiger partial charge in [-0.2, -0.15) is 0 Å². The molecule has 4 aliphatic rings. The van der Waals surface area contributed by atoms with Gasteiger partial charge in [-0.15, -0.1) is 0 Å². The van der Waals surface area contributed by atoms with Crippen molar-refractivity contribution in [2.45, 2.75) is 56.3 Å². The third-order valence-corrected chi connectivity index (χ3v) is 14.2. The number of benzene rings is 3. The fourth-order valence-corrected chi connectivity index (χ4v) is 10.2. The van der Waals surface area contributed by atoms with Crippen molar-refractivity contribution < 1.29 is 19.2 Å². The van der Waals surface area contributed by atoms with Gasteiger partial charge in [-0.25, -0.2) is 4.98 Å². The van der Waals surface area contributed by atoms with Gasteiger partial charge >= 0.3 is 0 Å². The topological polar surface area (TPSA) is 162 Å². The third kappa shape index (κ3) is 9.34. The summed E-state index contributed by atoms with van der Waals surface area (Å²) in [6.07, 6.45) is 13.9. The molecule has 2 saturated heterocycles. The molecule has 2 aromatic heterocycles. The van der Waals surface area contributed by atoms with E-state index in [4.69, 9.17) is 26.5 Å². The van der Waals surface area contributed by atoms with Crippen LogP contribution in [0.3, 0.4) is 0 Å². The number of fused-ring (bicyclic) bond motifs is 1. The molecule has 0 bridgehead atoms. The summed E-state index contributed by atoms with van der Waals surface area (Å²) in [6, 6.07) is 20.9. The van der Waals surface area contributed by atoms with E-state index in [2.05, 4.69) is 41.9 Å². The first-order chi connectivity index (χ1) is 30.2. The number of aromatic amines is 1. The molecule has 3 fully saturated rings. The normalized spacial score (nSPS) is 18.1. The molecular formula is C47H51ClN8O5S. The average Bonchev–Trinajstić information content (AvgIpc) is 3.76. The molecule has 1 spiro atoms. The van der Waals surface area contributed by atoms with Gasteiger partial charge in [0.05, 0.1) is 16.7 Å². The molecule has 0 atom stereocenters. The molecule has 0 radical (unpaired) electrons. The van der Waals surface area contributed by atoms with Crippen LogP contribution in [-0.4, -0.2) is 84.4 Å². The maximum absolute atomic E-state index is 14.0. The summed E-state index contributed by atoms with van der Waals surface area (Å²) in [4.78, 5) is 38.7. The van der Waals surface area contributed by atoms with Crippen molar-refractivity contribution in [3.8, 4) is 11.5 Å². The number of halogens is 1. The Hall–Kier alpha value is -5.41. The zero-order valence-electron chi connectivity index (χ0n) is 34.6. The van der Waals surface area contributed by atoms with E-state index in [9.17, 15) is 14.9 Å². The highest BCUT2D eigenvalue weighted by molar-refractivity contribution is 7.98. The van der Waals surface area contributed by atoms with E-state index >= 15 is 0 Å². The molecule has 3 aromatic carbocycles. The summed E-state index contributed by atoms with van der Waals surface area (Å²) in [5.41, 5.74) is 7.32. The number of rotatable bonds is 14. The van der Waals surface area contributed by atoms with Gasteiger partial charge in [0.1, 0.15) is 22.8 Å². The van der Waals surface area contributed by atoms with Crippen LogP contribution in [0, 0.1) is 26.9 Å². The molecule has 322 valence electrons. The number of nitro benzene ring substituents is 1. The van der Waals surface area contributed by atoms with E-state index < -0.39 is 10.8 Å². The highest BCUT2D eigenvalue weighted by Gasteiger charge is 2.41. The van der Waals surface area contributed by atoms with Crippen LogP contribution >= 0.6 is 23.5 Å². The Morgan fingerprint density at radius 1 is 1.06 bits per heavy atom. The molecule has 0 unspecified atom stereocenters. The monoisotopic (exact) mass is 874 g/mol. The van der Waals surface area contributed by atoms with E-state index in [1.807, 2.05) is 42.6 Å². The summed E-state index contributed by atoms with van der Waals surface area (Å²) in [5, 5.41) is 25.2. The number of nitrogens with one attached hydrogen (secondary N) is 4. The molecule has 1 amide bonds. The van der Waals surface area contributed by atoms with E-state index in [-0.39, 0.29) is 5.69 Å². The lowest BCUT2D eigenvalue weighted by atomic mass is 9.59. The quantitative estimate of drug-likeness (QED) is 0.0366. The second kappa shape index (κ2) is 18.5. The highest BCUT2D eigenvalue weighted by Crippen LogP contribution is 2.55. The number of H-pyrrole nitrogens is 1. The molecule has 4 heterocycles. The Morgan fingerprint density at radius 3 is 2.61 bits per heavy atom. The van der Waals surface area contributed by atoms with Gasteiger partial charge in [-0.05, 0) is 122 Å². The van der Waals surface area contributed by atoms with Gasteiger partial charge in [0.2, 0.25) is 0 Å². The summed E-state index contributed by atoms with van der Waals surface area (Å²) >= 11 is 7.25. The minimum Gasteiger partial charge on any atom is -0.455 e. The van der Waals surface area contributed by atoms with Crippen molar-refractivity contribution in [1.29, 1.82) is 5.41 Å². The lowest BCUT2D eigenvalue weighted by Crippen LogP contribution is -2.47. The molecule has 2 aliphatic carbocycles. The summed E-state index contributed by atoms with van der Waals surface area (Å²) in [5.74, 6) is 0.737. The number of carbonyl (C=O) groups is 1. The Labute approximate surface area is 370 Å². The smallest absolute Gasteiger partial charge is 0.294 e. The molecule has 4 N–H and O–H groups in total. The first-order valence-corrected chi connectivity index (χ1v) is 22.7. The maximum atomic E-state index is 14.0. The van der Waals surface area contributed by atoms with Crippen molar-refractivity contribution in [1.82, 2.24) is 19.6 Å². The number of aromatic nitrogens is 2.